The zero-order valence-electron chi connectivity index (χ0n) is 8.75. The number of fused-ring (bicyclic) bond motifs is 1. The van der Waals surface area contributed by atoms with Gasteiger partial charge in [0.15, 0.2) is 0 Å². The first-order valence-electron chi connectivity index (χ1n) is 5.20. The van der Waals surface area contributed by atoms with E-state index in [2.05, 4.69) is 31.7 Å². The lowest BCUT2D eigenvalue weighted by atomic mass is 9.95. The second kappa shape index (κ2) is 2.72. The van der Waals surface area contributed by atoms with Gasteiger partial charge in [-0.05, 0) is 45.4 Å². The Morgan fingerprint density at radius 3 is 2.62 bits per heavy atom. The molecule has 1 saturated heterocycles. The Labute approximate surface area is 80.5 Å². The average molecular weight is 178 g/mol. The Kier molecular flexibility index (Phi) is 1.89. The number of nitrogens with zero attached hydrogens (tertiary/aromatic N) is 2. The third-order valence-electron chi connectivity index (χ3n) is 3.45. The molecule has 1 saturated carbocycles. The van der Waals surface area contributed by atoms with Crippen LogP contribution in [-0.2, 0) is 0 Å². The molecule has 1 aliphatic heterocycles. The summed E-state index contributed by atoms with van der Waals surface area (Å²) in [4.78, 5) is 2.38. The maximum atomic E-state index is 9.13. The average Bonchev–Trinajstić information content (AvgIpc) is 2.78. The minimum Gasteiger partial charge on any atom is -0.283 e. The summed E-state index contributed by atoms with van der Waals surface area (Å²) in [6, 6.07) is 2.67. The second-order valence-corrected chi connectivity index (χ2v) is 5.39. The van der Waals surface area contributed by atoms with Gasteiger partial charge < -0.3 is 0 Å². The van der Waals surface area contributed by atoms with Crippen molar-refractivity contribution in [3.8, 4) is 6.07 Å². The lowest BCUT2D eigenvalue weighted by Gasteiger charge is -2.41. The van der Waals surface area contributed by atoms with Gasteiger partial charge >= 0.3 is 0 Å². The van der Waals surface area contributed by atoms with Crippen LogP contribution in [0, 0.1) is 23.2 Å². The van der Waals surface area contributed by atoms with E-state index in [-0.39, 0.29) is 11.6 Å². The maximum Gasteiger partial charge on any atom is 0.101 e. The molecule has 0 radical (unpaired) electrons. The molecule has 2 fully saturated rings. The number of likely N-dealkylation sites (tertiary alicyclic amines) is 1. The fraction of sp³-hybridized carbons (Fsp3) is 0.909. The lowest BCUT2D eigenvalue weighted by molar-refractivity contribution is 0.0714. The molecule has 2 nitrogen and oxygen atoms in total. The molecule has 0 bridgehead atoms. The fourth-order valence-electron chi connectivity index (χ4n) is 2.58. The molecule has 0 amide bonds. The Morgan fingerprint density at radius 2 is 2.08 bits per heavy atom. The van der Waals surface area contributed by atoms with Crippen LogP contribution in [0.4, 0.5) is 0 Å². The number of piperidine rings is 1. The van der Waals surface area contributed by atoms with Crippen LogP contribution in [-0.4, -0.2) is 23.0 Å². The first kappa shape index (κ1) is 9.02. The molecule has 72 valence electrons. The molecule has 0 aromatic heterocycles. The largest absolute Gasteiger partial charge is 0.283 e. The van der Waals surface area contributed by atoms with Gasteiger partial charge in [0, 0.05) is 12.1 Å². The third kappa shape index (κ3) is 1.46. The van der Waals surface area contributed by atoms with Crippen LogP contribution in [0.25, 0.3) is 0 Å². The SMILES string of the molecule is CC(C)(C)N1CCC2CC2C1C#N. The minimum atomic E-state index is 0.161. The van der Waals surface area contributed by atoms with E-state index in [1.165, 1.54) is 12.8 Å². The first-order chi connectivity index (χ1) is 6.04. The van der Waals surface area contributed by atoms with E-state index < -0.39 is 0 Å². The van der Waals surface area contributed by atoms with Gasteiger partial charge in [0.2, 0.25) is 0 Å². The molecule has 13 heavy (non-hydrogen) atoms. The van der Waals surface area contributed by atoms with Gasteiger partial charge in [-0.15, -0.1) is 0 Å². The van der Waals surface area contributed by atoms with Crippen molar-refractivity contribution < 1.29 is 0 Å². The number of nitriles is 1. The van der Waals surface area contributed by atoms with Gasteiger partial charge in [-0.3, -0.25) is 4.90 Å². The highest BCUT2D eigenvalue weighted by molar-refractivity contribution is 5.11. The van der Waals surface area contributed by atoms with Crippen molar-refractivity contribution in [2.24, 2.45) is 11.8 Å². The summed E-state index contributed by atoms with van der Waals surface area (Å²) in [5.41, 5.74) is 0.161. The van der Waals surface area contributed by atoms with Gasteiger partial charge in [0.05, 0.1) is 6.07 Å². The van der Waals surface area contributed by atoms with Gasteiger partial charge in [-0.2, -0.15) is 5.26 Å². The van der Waals surface area contributed by atoms with E-state index in [1.54, 1.807) is 0 Å². The Morgan fingerprint density at radius 1 is 1.38 bits per heavy atom. The molecule has 3 unspecified atom stereocenters. The van der Waals surface area contributed by atoms with E-state index in [0.29, 0.717) is 5.92 Å². The van der Waals surface area contributed by atoms with Crippen LogP contribution in [0.15, 0.2) is 0 Å². The molecular weight excluding hydrogens is 160 g/mol. The number of hydrogen-bond acceptors (Lipinski definition) is 2. The van der Waals surface area contributed by atoms with E-state index >= 15 is 0 Å². The minimum absolute atomic E-state index is 0.161. The lowest BCUT2D eigenvalue weighted by Crippen LogP contribution is -2.51. The normalized spacial score (nSPS) is 39.4. The van der Waals surface area contributed by atoms with Crippen molar-refractivity contribution >= 4 is 0 Å². The number of hydrogen-bond donors (Lipinski definition) is 0. The van der Waals surface area contributed by atoms with Crippen LogP contribution in [0.5, 0.6) is 0 Å². The zero-order chi connectivity index (χ0) is 9.64. The second-order valence-electron chi connectivity index (χ2n) is 5.39. The summed E-state index contributed by atoms with van der Waals surface area (Å²) >= 11 is 0. The van der Waals surface area contributed by atoms with Crippen molar-refractivity contribution in [2.75, 3.05) is 6.54 Å². The maximum absolute atomic E-state index is 9.13. The van der Waals surface area contributed by atoms with E-state index in [1.807, 2.05) is 0 Å². The molecule has 0 aromatic rings. The highest BCUT2D eigenvalue weighted by Gasteiger charge is 2.50. The summed E-state index contributed by atoms with van der Waals surface area (Å²) in [5, 5.41) is 9.13. The molecule has 0 spiro atoms. The predicted octanol–water partition coefficient (Wildman–Crippen LogP) is 2.02. The van der Waals surface area contributed by atoms with E-state index in [4.69, 9.17) is 5.26 Å². The third-order valence-corrected chi connectivity index (χ3v) is 3.45. The highest BCUT2D eigenvalue weighted by Crippen LogP contribution is 2.49. The first-order valence-corrected chi connectivity index (χ1v) is 5.20. The highest BCUT2D eigenvalue weighted by atomic mass is 15.2. The van der Waals surface area contributed by atoms with Crippen LogP contribution >= 0.6 is 0 Å². The molecule has 2 aliphatic rings. The molecule has 3 atom stereocenters. The summed E-state index contributed by atoms with van der Waals surface area (Å²) in [6.45, 7) is 7.74. The summed E-state index contributed by atoms with van der Waals surface area (Å²) < 4.78 is 0. The van der Waals surface area contributed by atoms with Gasteiger partial charge in [0.25, 0.3) is 0 Å². The van der Waals surface area contributed by atoms with Crippen LogP contribution < -0.4 is 0 Å². The molecule has 1 heterocycles. The van der Waals surface area contributed by atoms with E-state index in [9.17, 15) is 0 Å². The Hall–Kier alpha value is -0.550. The van der Waals surface area contributed by atoms with Crippen molar-refractivity contribution in [2.45, 2.75) is 45.2 Å². The fourth-order valence-corrected chi connectivity index (χ4v) is 2.58. The molecular formula is C11H18N2. The van der Waals surface area contributed by atoms with Crippen molar-refractivity contribution in [1.82, 2.24) is 4.90 Å². The van der Waals surface area contributed by atoms with Crippen LogP contribution in [0.1, 0.15) is 33.6 Å². The van der Waals surface area contributed by atoms with Crippen molar-refractivity contribution in [3.63, 3.8) is 0 Å². The van der Waals surface area contributed by atoms with E-state index in [0.717, 1.165) is 12.5 Å². The van der Waals surface area contributed by atoms with Gasteiger partial charge in [-0.1, -0.05) is 0 Å². The standard InChI is InChI=1S/C11H18N2/c1-11(2,3)13-5-4-8-6-9(8)10(13)7-12/h8-10H,4-6H2,1-3H3. The smallest absolute Gasteiger partial charge is 0.101 e. The molecule has 2 heteroatoms. The molecule has 0 aromatic carbocycles. The monoisotopic (exact) mass is 178 g/mol. The van der Waals surface area contributed by atoms with Gasteiger partial charge in [-0.25, -0.2) is 0 Å². The topological polar surface area (TPSA) is 27.0 Å². The Bertz CT molecular complexity index is 246. The van der Waals surface area contributed by atoms with Crippen molar-refractivity contribution in [3.05, 3.63) is 0 Å². The van der Waals surface area contributed by atoms with Crippen LogP contribution in [0.2, 0.25) is 0 Å². The zero-order valence-corrected chi connectivity index (χ0v) is 8.75. The quantitative estimate of drug-likeness (QED) is 0.567. The Balaban J connectivity index is 2.14. The van der Waals surface area contributed by atoms with Crippen LogP contribution in [0.3, 0.4) is 0 Å². The molecule has 2 rings (SSSR count). The van der Waals surface area contributed by atoms with Crippen molar-refractivity contribution in [1.29, 1.82) is 5.26 Å². The summed E-state index contributed by atoms with van der Waals surface area (Å²) in [5.74, 6) is 1.57. The molecule has 0 N–H and O–H groups in total. The van der Waals surface area contributed by atoms with Gasteiger partial charge in [0.1, 0.15) is 6.04 Å². The summed E-state index contributed by atoms with van der Waals surface area (Å²) in [7, 11) is 0. The summed E-state index contributed by atoms with van der Waals surface area (Å²) in [6.07, 6.45) is 2.60. The number of rotatable bonds is 0. The molecule has 1 aliphatic carbocycles. The predicted molar refractivity (Wildman–Crippen MR) is 52.1 cm³/mol.